The molecule has 1 unspecified atom stereocenters. The maximum atomic E-state index is 11.9. The number of amides is 1. The van der Waals surface area contributed by atoms with Crippen molar-refractivity contribution in [1.82, 2.24) is 5.32 Å². The van der Waals surface area contributed by atoms with Gasteiger partial charge in [0.05, 0.1) is 0 Å². The van der Waals surface area contributed by atoms with Crippen LogP contribution < -0.4 is 5.32 Å². The van der Waals surface area contributed by atoms with E-state index in [4.69, 9.17) is 0 Å². The van der Waals surface area contributed by atoms with Crippen LogP contribution in [-0.2, 0) is 4.79 Å². The van der Waals surface area contributed by atoms with Crippen LogP contribution in [0.5, 0.6) is 0 Å². The van der Waals surface area contributed by atoms with E-state index in [0.717, 1.165) is 17.3 Å². The van der Waals surface area contributed by atoms with Crippen LogP contribution >= 0.6 is 15.9 Å². The Morgan fingerprint density at radius 2 is 2.20 bits per heavy atom. The second-order valence-electron chi connectivity index (χ2n) is 5.02. The van der Waals surface area contributed by atoms with Crippen molar-refractivity contribution in [3.63, 3.8) is 0 Å². The molecule has 0 saturated heterocycles. The van der Waals surface area contributed by atoms with Crippen molar-refractivity contribution >= 4 is 21.8 Å². The molecule has 0 spiro atoms. The number of hydrogen-bond acceptors (Lipinski definition) is 1. The van der Waals surface area contributed by atoms with E-state index in [1.807, 2.05) is 0 Å². The lowest BCUT2D eigenvalue weighted by Crippen LogP contribution is -2.41. The number of halogens is 1. The summed E-state index contributed by atoms with van der Waals surface area (Å²) in [6, 6.07) is 0. The van der Waals surface area contributed by atoms with Crippen LogP contribution in [0, 0.1) is 11.3 Å². The third-order valence-electron chi connectivity index (χ3n) is 3.28. The molecule has 1 amide bonds. The van der Waals surface area contributed by atoms with E-state index in [1.54, 1.807) is 0 Å². The Kier molecular flexibility index (Phi) is 4.38. The van der Waals surface area contributed by atoms with E-state index in [2.05, 4.69) is 41.7 Å². The molecule has 1 aliphatic rings. The summed E-state index contributed by atoms with van der Waals surface area (Å²) in [6.07, 6.45) is 4.60. The van der Waals surface area contributed by atoms with Crippen molar-refractivity contribution in [3.8, 4) is 0 Å². The zero-order valence-electron chi connectivity index (χ0n) is 9.61. The zero-order valence-corrected chi connectivity index (χ0v) is 11.2. The van der Waals surface area contributed by atoms with Crippen LogP contribution in [0.15, 0.2) is 11.1 Å². The normalized spacial score (nSPS) is 24.6. The highest BCUT2D eigenvalue weighted by Crippen LogP contribution is 2.40. The molecule has 0 aromatic carbocycles. The maximum absolute atomic E-state index is 11.9. The summed E-state index contributed by atoms with van der Waals surface area (Å²) in [4.78, 5) is 11.9. The van der Waals surface area contributed by atoms with Crippen LogP contribution in [0.1, 0.15) is 39.5 Å². The molecule has 15 heavy (non-hydrogen) atoms. The van der Waals surface area contributed by atoms with E-state index < -0.39 is 0 Å². The highest BCUT2D eigenvalue weighted by atomic mass is 79.9. The molecule has 0 aromatic rings. The van der Waals surface area contributed by atoms with Gasteiger partial charge in [0.25, 0.3) is 0 Å². The van der Waals surface area contributed by atoms with Crippen LogP contribution in [0.2, 0.25) is 0 Å². The Labute approximate surface area is 101 Å². The maximum Gasteiger partial charge on any atom is 0.223 e. The summed E-state index contributed by atoms with van der Waals surface area (Å²) < 4.78 is 0.824. The summed E-state index contributed by atoms with van der Waals surface area (Å²) in [5.74, 6) is 0.346. The van der Waals surface area contributed by atoms with Gasteiger partial charge in [-0.25, -0.2) is 0 Å². The molecule has 1 rings (SSSR count). The van der Waals surface area contributed by atoms with Crippen LogP contribution in [-0.4, -0.2) is 12.5 Å². The molecular weight excluding hydrogens is 254 g/mol. The Bertz CT molecular complexity index is 260. The summed E-state index contributed by atoms with van der Waals surface area (Å²) in [5, 5.41) is 2.92. The standard InChI is InChI=1S/C12H20BrNO/c1-9(13)8-14-11(15)10-6-4-5-7-12(10,2)3/h10H,1,4-8H2,2-3H3,(H,14,15). The van der Waals surface area contributed by atoms with Gasteiger partial charge in [0.1, 0.15) is 0 Å². The molecule has 1 atom stereocenters. The van der Waals surface area contributed by atoms with Gasteiger partial charge in [-0.15, -0.1) is 0 Å². The summed E-state index contributed by atoms with van der Waals surface area (Å²) in [5.41, 5.74) is 0.149. The molecule has 0 bridgehead atoms. The minimum absolute atomic E-state index is 0.149. The van der Waals surface area contributed by atoms with Gasteiger partial charge in [-0.1, -0.05) is 49.2 Å². The van der Waals surface area contributed by atoms with Crippen molar-refractivity contribution < 1.29 is 4.79 Å². The van der Waals surface area contributed by atoms with Gasteiger partial charge < -0.3 is 5.32 Å². The topological polar surface area (TPSA) is 29.1 Å². The van der Waals surface area contributed by atoms with Crippen molar-refractivity contribution in [1.29, 1.82) is 0 Å². The Hall–Kier alpha value is -0.310. The molecular formula is C12H20BrNO. The zero-order chi connectivity index (χ0) is 11.5. The average molecular weight is 274 g/mol. The first kappa shape index (κ1) is 12.8. The number of carbonyl (C=O) groups excluding carboxylic acids is 1. The fraction of sp³-hybridized carbons (Fsp3) is 0.750. The predicted molar refractivity (Wildman–Crippen MR) is 66.8 cm³/mol. The Balaban J connectivity index is 2.53. The summed E-state index contributed by atoms with van der Waals surface area (Å²) in [7, 11) is 0. The number of hydrogen-bond donors (Lipinski definition) is 1. The molecule has 3 heteroatoms. The molecule has 86 valence electrons. The van der Waals surface area contributed by atoms with Crippen LogP contribution in [0.3, 0.4) is 0 Å². The molecule has 0 aliphatic heterocycles. The van der Waals surface area contributed by atoms with Crippen LogP contribution in [0.4, 0.5) is 0 Å². The third-order valence-corrected chi connectivity index (χ3v) is 3.56. The van der Waals surface area contributed by atoms with Crippen LogP contribution in [0.25, 0.3) is 0 Å². The highest BCUT2D eigenvalue weighted by Gasteiger charge is 2.36. The van der Waals surface area contributed by atoms with Crippen molar-refractivity contribution in [2.24, 2.45) is 11.3 Å². The highest BCUT2D eigenvalue weighted by molar-refractivity contribution is 9.11. The molecule has 0 aromatic heterocycles. The predicted octanol–water partition coefficient (Wildman–Crippen LogP) is 3.23. The quantitative estimate of drug-likeness (QED) is 0.841. The second-order valence-corrected chi connectivity index (χ2v) is 6.14. The lowest BCUT2D eigenvalue weighted by molar-refractivity contribution is -0.129. The van der Waals surface area contributed by atoms with Gasteiger partial charge in [0.15, 0.2) is 0 Å². The molecule has 2 nitrogen and oxygen atoms in total. The summed E-state index contributed by atoms with van der Waals surface area (Å²) in [6.45, 7) is 8.63. The lowest BCUT2D eigenvalue weighted by Gasteiger charge is -2.37. The van der Waals surface area contributed by atoms with E-state index in [0.29, 0.717) is 6.54 Å². The smallest absolute Gasteiger partial charge is 0.223 e. The minimum atomic E-state index is 0.149. The molecule has 1 N–H and O–H groups in total. The van der Waals surface area contributed by atoms with E-state index in [-0.39, 0.29) is 17.2 Å². The first-order valence-corrected chi connectivity index (χ1v) is 6.34. The number of carbonyl (C=O) groups is 1. The van der Waals surface area contributed by atoms with E-state index >= 15 is 0 Å². The van der Waals surface area contributed by atoms with Gasteiger partial charge >= 0.3 is 0 Å². The number of nitrogens with one attached hydrogen (secondary N) is 1. The monoisotopic (exact) mass is 273 g/mol. The van der Waals surface area contributed by atoms with Crippen molar-refractivity contribution in [2.45, 2.75) is 39.5 Å². The molecule has 1 aliphatic carbocycles. The van der Waals surface area contributed by atoms with Gasteiger partial charge in [-0.3, -0.25) is 4.79 Å². The largest absolute Gasteiger partial charge is 0.351 e. The minimum Gasteiger partial charge on any atom is -0.351 e. The molecule has 1 fully saturated rings. The first-order chi connectivity index (χ1) is 6.93. The Morgan fingerprint density at radius 3 is 2.73 bits per heavy atom. The van der Waals surface area contributed by atoms with Crippen molar-refractivity contribution in [2.75, 3.05) is 6.54 Å². The van der Waals surface area contributed by atoms with Gasteiger partial charge in [-0.05, 0) is 18.3 Å². The average Bonchev–Trinajstić information content (AvgIpc) is 2.13. The fourth-order valence-electron chi connectivity index (χ4n) is 2.29. The lowest BCUT2D eigenvalue weighted by atomic mass is 9.68. The Morgan fingerprint density at radius 1 is 1.53 bits per heavy atom. The van der Waals surface area contributed by atoms with E-state index in [9.17, 15) is 4.79 Å². The molecule has 0 heterocycles. The van der Waals surface area contributed by atoms with Gasteiger partial charge in [0.2, 0.25) is 5.91 Å². The first-order valence-electron chi connectivity index (χ1n) is 5.54. The van der Waals surface area contributed by atoms with E-state index in [1.165, 1.54) is 12.8 Å². The van der Waals surface area contributed by atoms with Gasteiger partial charge in [0, 0.05) is 16.9 Å². The molecule has 1 saturated carbocycles. The summed E-state index contributed by atoms with van der Waals surface area (Å²) >= 11 is 3.25. The fourth-order valence-corrected chi connectivity index (χ4v) is 2.43. The molecule has 0 radical (unpaired) electrons. The van der Waals surface area contributed by atoms with Crippen molar-refractivity contribution in [3.05, 3.63) is 11.1 Å². The SMILES string of the molecule is C=C(Br)CNC(=O)C1CCCCC1(C)C. The second kappa shape index (κ2) is 5.15. The number of rotatable bonds is 3. The van der Waals surface area contributed by atoms with Gasteiger partial charge in [-0.2, -0.15) is 0 Å². The third kappa shape index (κ3) is 3.63.